The van der Waals surface area contributed by atoms with Crippen molar-refractivity contribution in [1.29, 1.82) is 0 Å². The predicted molar refractivity (Wildman–Crippen MR) is 116 cm³/mol. The molecule has 2 aromatic carbocycles. The van der Waals surface area contributed by atoms with Crippen molar-refractivity contribution in [3.63, 3.8) is 0 Å². The molecule has 2 N–H and O–H groups in total. The molecule has 0 atom stereocenters. The summed E-state index contributed by atoms with van der Waals surface area (Å²) in [5, 5.41) is 5.28. The Morgan fingerprint density at radius 1 is 1.13 bits per heavy atom. The van der Waals surface area contributed by atoms with Crippen LogP contribution in [0.1, 0.15) is 10.4 Å². The van der Waals surface area contributed by atoms with Crippen LogP contribution in [0.4, 0.5) is 5.69 Å². The molecule has 1 heterocycles. The quantitative estimate of drug-likeness (QED) is 0.647. The summed E-state index contributed by atoms with van der Waals surface area (Å²) in [7, 11) is -0.705. The molecule has 1 aliphatic rings. The van der Waals surface area contributed by atoms with Crippen LogP contribution in [0.5, 0.6) is 11.5 Å². The Morgan fingerprint density at radius 3 is 2.39 bits per heavy atom. The molecule has 0 aromatic heterocycles. The molecular formula is C21H27N3O6S. The van der Waals surface area contributed by atoms with E-state index in [1.54, 1.807) is 44.5 Å². The van der Waals surface area contributed by atoms with E-state index in [4.69, 9.17) is 19.3 Å². The summed E-state index contributed by atoms with van der Waals surface area (Å²) in [5.74, 6) is 1.07. The van der Waals surface area contributed by atoms with E-state index in [0.29, 0.717) is 44.3 Å². The third-order valence-corrected chi connectivity index (χ3v) is 5.89. The lowest BCUT2D eigenvalue weighted by Gasteiger charge is -2.31. The Hall–Kier alpha value is -2.82. The molecule has 1 aliphatic heterocycles. The molecule has 0 spiro atoms. The van der Waals surface area contributed by atoms with E-state index in [1.807, 2.05) is 4.90 Å². The predicted octanol–water partition coefficient (Wildman–Crippen LogP) is 1.33. The molecule has 2 aromatic rings. The summed E-state index contributed by atoms with van der Waals surface area (Å²) in [6.07, 6.45) is 0. The number of carbonyl (C=O) groups is 1. The molecule has 1 amide bonds. The molecule has 1 fully saturated rings. The van der Waals surface area contributed by atoms with Crippen LogP contribution >= 0.6 is 0 Å². The zero-order chi connectivity index (χ0) is 22.4. The number of hydrogen-bond acceptors (Lipinski definition) is 7. The van der Waals surface area contributed by atoms with E-state index >= 15 is 0 Å². The second kappa shape index (κ2) is 9.99. The van der Waals surface area contributed by atoms with Gasteiger partial charge in [0.05, 0.1) is 37.3 Å². The molecule has 0 bridgehead atoms. The Bertz CT molecular complexity index is 1000. The fourth-order valence-electron chi connectivity index (χ4n) is 3.22. The standard InChI is InChI=1S/C21H27N3O6S/c1-23(9-14-30-17-5-3-16(28-2)4-6-17)21(25)19-15-18(31(22,26)27)7-8-20(19)24-10-12-29-13-11-24/h3-8,15H,9-14H2,1-2H3,(H2,22,26,27). The number of ether oxygens (including phenoxy) is 3. The molecule has 0 saturated carbocycles. The zero-order valence-corrected chi connectivity index (χ0v) is 18.4. The van der Waals surface area contributed by atoms with Crippen LogP contribution in [-0.4, -0.2) is 72.8 Å². The van der Waals surface area contributed by atoms with Crippen LogP contribution in [0.2, 0.25) is 0 Å². The van der Waals surface area contributed by atoms with Gasteiger partial charge in [-0.25, -0.2) is 13.6 Å². The second-order valence-corrected chi connectivity index (χ2v) is 8.64. The Kier molecular flexibility index (Phi) is 7.37. The van der Waals surface area contributed by atoms with Gasteiger partial charge in [0.2, 0.25) is 10.0 Å². The van der Waals surface area contributed by atoms with Crippen molar-refractivity contribution in [3.05, 3.63) is 48.0 Å². The summed E-state index contributed by atoms with van der Waals surface area (Å²) in [4.78, 5) is 16.6. The van der Waals surface area contributed by atoms with E-state index in [-0.39, 0.29) is 23.0 Å². The maximum Gasteiger partial charge on any atom is 0.255 e. The SMILES string of the molecule is COc1ccc(OCCN(C)C(=O)c2cc(S(N)(=O)=O)ccc2N2CCOCC2)cc1. The molecule has 10 heteroatoms. The van der Waals surface area contributed by atoms with Gasteiger partial charge >= 0.3 is 0 Å². The van der Waals surface area contributed by atoms with E-state index in [0.717, 1.165) is 5.75 Å². The summed E-state index contributed by atoms with van der Waals surface area (Å²) >= 11 is 0. The normalized spacial score (nSPS) is 14.2. The van der Waals surface area contributed by atoms with Crippen LogP contribution in [0.3, 0.4) is 0 Å². The lowest BCUT2D eigenvalue weighted by molar-refractivity contribution is 0.0773. The summed E-state index contributed by atoms with van der Waals surface area (Å²) in [6, 6.07) is 11.5. The molecule has 1 saturated heterocycles. The van der Waals surface area contributed by atoms with Gasteiger partial charge in [0.25, 0.3) is 5.91 Å². The van der Waals surface area contributed by atoms with E-state index in [2.05, 4.69) is 0 Å². The fourth-order valence-corrected chi connectivity index (χ4v) is 3.76. The van der Waals surface area contributed by atoms with Gasteiger partial charge in [-0.3, -0.25) is 4.79 Å². The first-order valence-electron chi connectivity index (χ1n) is 9.81. The van der Waals surface area contributed by atoms with Crippen molar-refractivity contribution in [2.45, 2.75) is 4.90 Å². The number of benzene rings is 2. The number of nitrogens with zero attached hydrogens (tertiary/aromatic N) is 2. The van der Waals surface area contributed by atoms with E-state index in [1.165, 1.54) is 17.0 Å². The summed E-state index contributed by atoms with van der Waals surface area (Å²) in [6.45, 7) is 2.88. The van der Waals surface area contributed by atoms with Gasteiger partial charge in [0, 0.05) is 25.8 Å². The Labute approximate surface area is 182 Å². The number of hydrogen-bond donors (Lipinski definition) is 1. The molecular weight excluding hydrogens is 422 g/mol. The third kappa shape index (κ3) is 5.87. The van der Waals surface area contributed by atoms with Crippen LogP contribution in [-0.2, 0) is 14.8 Å². The topological polar surface area (TPSA) is 111 Å². The lowest BCUT2D eigenvalue weighted by Crippen LogP contribution is -2.38. The van der Waals surface area contributed by atoms with Crippen LogP contribution < -0.4 is 19.5 Å². The highest BCUT2D eigenvalue weighted by molar-refractivity contribution is 7.89. The molecule has 168 valence electrons. The van der Waals surface area contributed by atoms with Crippen LogP contribution in [0.15, 0.2) is 47.4 Å². The minimum atomic E-state index is -3.94. The first kappa shape index (κ1) is 22.9. The maximum absolute atomic E-state index is 13.2. The Balaban J connectivity index is 1.74. The van der Waals surface area contributed by atoms with Gasteiger partial charge in [0.15, 0.2) is 0 Å². The van der Waals surface area contributed by atoms with Crippen molar-refractivity contribution >= 4 is 21.6 Å². The largest absolute Gasteiger partial charge is 0.497 e. The highest BCUT2D eigenvalue weighted by Gasteiger charge is 2.23. The monoisotopic (exact) mass is 449 g/mol. The fraction of sp³-hybridized carbons (Fsp3) is 0.381. The number of morpholine rings is 1. The summed E-state index contributed by atoms with van der Waals surface area (Å²) < 4.78 is 39.8. The smallest absolute Gasteiger partial charge is 0.255 e. The molecule has 0 radical (unpaired) electrons. The van der Waals surface area contributed by atoms with Gasteiger partial charge < -0.3 is 24.0 Å². The number of rotatable bonds is 8. The van der Waals surface area contributed by atoms with Crippen LogP contribution in [0, 0.1) is 0 Å². The average molecular weight is 450 g/mol. The first-order chi connectivity index (χ1) is 14.8. The minimum Gasteiger partial charge on any atom is -0.497 e. The van der Waals surface area contributed by atoms with Gasteiger partial charge in [-0.15, -0.1) is 0 Å². The average Bonchev–Trinajstić information content (AvgIpc) is 2.78. The van der Waals surface area contributed by atoms with Crippen molar-refractivity contribution in [2.24, 2.45) is 5.14 Å². The number of amides is 1. The number of primary sulfonamides is 1. The van der Waals surface area contributed by atoms with E-state index in [9.17, 15) is 13.2 Å². The van der Waals surface area contributed by atoms with Crippen molar-refractivity contribution in [1.82, 2.24) is 4.90 Å². The number of nitrogens with two attached hydrogens (primary N) is 1. The number of methoxy groups -OCH3 is 1. The summed E-state index contributed by atoms with van der Waals surface area (Å²) in [5.41, 5.74) is 0.934. The Morgan fingerprint density at radius 2 is 1.77 bits per heavy atom. The van der Waals surface area contributed by atoms with Gasteiger partial charge in [-0.05, 0) is 42.5 Å². The van der Waals surface area contributed by atoms with Crippen molar-refractivity contribution in [2.75, 3.05) is 58.5 Å². The zero-order valence-electron chi connectivity index (χ0n) is 17.6. The number of anilines is 1. The minimum absolute atomic E-state index is 0.101. The number of carbonyl (C=O) groups excluding carboxylic acids is 1. The van der Waals surface area contributed by atoms with Gasteiger partial charge in [-0.1, -0.05) is 0 Å². The number of sulfonamides is 1. The molecule has 3 rings (SSSR count). The molecule has 0 aliphatic carbocycles. The molecule has 0 unspecified atom stereocenters. The van der Waals surface area contributed by atoms with E-state index < -0.39 is 10.0 Å². The lowest BCUT2D eigenvalue weighted by atomic mass is 10.1. The van der Waals surface area contributed by atoms with Gasteiger partial charge in [-0.2, -0.15) is 0 Å². The van der Waals surface area contributed by atoms with Crippen molar-refractivity contribution < 1.29 is 27.4 Å². The number of likely N-dealkylation sites (N-methyl/N-ethyl adjacent to an activating group) is 1. The van der Waals surface area contributed by atoms with Crippen LogP contribution in [0.25, 0.3) is 0 Å². The first-order valence-corrected chi connectivity index (χ1v) is 11.4. The van der Waals surface area contributed by atoms with Crippen molar-refractivity contribution in [3.8, 4) is 11.5 Å². The highest BCUT2D eigenvalue weighted by Crippen LogP contribution is 2.26. The highest BCUT2D eigenvalue weighted by atomic mass is 32.2. The maximum atomic E-state index is 13.2. The molecule has 9 nitrogen and oxygen atoms in total. The molecule has 31 heavy (non-hydrogen) atoms. The van der Waals surface area contributed by atoms with Gasteiger partial charge in [0.1, 0.15) is 18.1 Å². The second-order valence-electron chi connectivity index (χ2n) is 7.07. The third-order valence-electron chi connectivity index (χ3n) is 4.98.